The van der Waals surface area contributed by atoms with Gasteiger partial charge >= 0.3 is 0 Å². The lowest BCUT2D eigenvalue weighted by atomic mass is 10.1. The zero-order valence-corrected chi connectivity index (χ0v) is 21.6. The first kappa shape index (κ1) is 27.0. The molecule has 0 aliphatic carbocycles. The van der Waals surface area contributed by atoms with Crippen molar-refractivity contribution < 1.29 is 18.0 Å². The van der Waals surface area contributed by atoms with Gasteiger partial charge in [-0.15, -0.1) is 0 Å². The predicted octanol–water partition coefficient (Wildman–Crippen LogP) is 4.01. The van der Waals surface area contributed by atoms with Crippen molar-refractivity contribution in [2.45, 2.75) is 46.3 Å². The van der Waals surface area contributed by atoms with Crippen LogP contribution >= 0.6 is 23.2 Å². The summed E-state index contributed by atoms with van der Waals surface area (Å²) >= 11 is 12.3. The number of para-hydroxylation sites is 1. The van der Waals surface area contributed by atoms with Crippen LogP contribution in [0.25, 0.3) is 0 Å². The fraction of sp³-hybridized carbons (Fsp3) is 0.391. The van der Waals surface area contributed by atoms with Crippen molar-refractivity contribution in [3.05, 3.63) is 63.6 Å². The van der Waals surface area contributed by atoms with E-state index < -0.39 is 28.5 Å². The second-order valence-electron chi connectivity index (χ2n) is 8.15. The van der Waals surface area contributed by atoms with Gasteiger partial charge in [0.15, 0.2) is 0 Å². The van der Waals surface area contributed by atoms with Gasteiger partial charge in [0, 0.05) is 22.6 Å². The largest absolute Gasteiger partial charge is 0.352 e. The molecule has 2 aromatic rings. The second kappa shape index (κ2) is 11.2. The average molecular weight is 514 g/mol. The number of aryl methyl sites for hydroxylation is 1. The maximum absolute atomic E-state index is 13.5. The third kappa shape index (κ3) is 7.35. The Morgan fingerprint density at radius 3 is 2.24 bits per heavy atom. The van der Waals surface area contributed by atoms with Gasteiger partial charge in [-0.25, -0.2) is 8.42 Å². The van der Waals surface area contributed by atoms with Crippen LogP contribution in [0.2, 0.25) is 10.0 Å². The van der Waals surface area contributed by atoms with Crippen molar-refractivity contribution in [3.63, 3.8) is 0 Å². The number of nitrogens with one attached hydrogen (secondary N) is 1. The van der Waals surface area contributed by atoms with Gasteiger partial charge in [-0.1, -0.05) is 47.5 Å². The molecular weight excluding hydrogens is 485 g/mol. The Balaban J connectivity index is 2.44. The molecule has 0 bridgehead atoms. The summed E-state index contributed by atoms with van der Waals surface area (Å²) in [7, 11) is -3.78. The van der Waals surface area contributed by atoms with Gasteiger partial charge in [0.25, 0.3) is 0 Å². The topological polar surface area (TPSA) is 86.8 Å². The van der Waals surface area contributed by atoms with Crippen molar-refractivity contribution in [2.75, 3.05) is 17.1 Å². The smallest absolute Gasteiger partial charge is 0.244 e. The minimum absolute atomic E-state index is 0.00684. The normalized spacial score (nSPS) is 12.4. The van der Waals surface area contributed by atoms with E-state index in [9.17, 15) is 18.0 Å². The summed E-state index contributed by atoms with van der Waals surface area (Å²) in [5, 5.41) is 3.58. The molecule has 0 saturated carbocycles. The number of nitrogens with zero attached hydrogens (tertiary/aromatic N) is 2. The fourth-order valence-corrected chi connectivity index (χ4v) is 4.63. The first-order chi connectivity index (χ1) is 15.3. The Morgan fingerprint density at radius 2 is 1.70 bits per heavy atom. The van der Waals surface area contributed by atoms with Crippen LogP contribution < -0.4 is 9.62 Å². The summed E-state index contributed by atoms with van der Waals surface area (Å²) < 4.78 is 26.2. The predicted molar refractivity (Wildman–Crippen MR) is 133 cm³/mol. The number of carbonyl (C=O) groups excluding carboxylic acids is 2. The van der Waals surface area contributed by atoms with Gasteiger partial charge in [-0.2, -0.15) is 0 Å². The monoisotopic (exact) mass is 513 g/mol. The molecule has 7 nitrogen and oxygen atoms in total. The molecule has 2 rings (SSSR count). The number of halogens is 2. The molecule has 0 saturated heterocycles. The van der Waals surface area contributed by atoms with Crippen molar-refractivity contribution >= 4 is 50.7 Å². The molecule has 0 aliphatic heterocycles. The van der Waals surface area contributed by atoms with E-state index in [1.807, 2.05) is 13.8 Å². The van der Waals surface area contributed by atoms with Gasteiger partial charge in [0.1, 0.15) is 12.6 Å². The minimum Gasteiger partial charge on any atom is -0.352 e. The highest BCUT2D eigenvalue weighted by Gasteiger charge is 2.31. The van der Waals surface area contributed by atoms with E-state index in [0.717, 1.165) is 10.6 Å². The van der Waals surface area contributed by atoms with Crippen LogP contribution in [0.3, 0.4) is 0 Å². The molecule has 0 radical (unpaired) electrons. The maximum Gasteiger partial charge on any atom is 0.244 e. The van der Waals surface area contributed by atoms with Gasteiger partial charge in [0.05, 0.1) is 11.9 Å². The molecule has 0 spiro atoms. The quantitative estimate of drug-likeness (QED) is 0.548. The first-order valence-corrected chi connectivity index (χ1v) is 13.0. The molecule has 180 valence electrons. The van der Waals surface area contributed by atoms with Gasteiger partial charge in [0.2, 0.25) is 21.8 Å². The second-order valence-corrected chi connectivity index (χ2v) is 10.9. The molecule has 0 heterocycles. The molecule has 0 fully saturated rings. The molecule has 1 atom stereocenters. The number of hydrogen-bond acceptors (Lipinski definition) is 4. The minimum atomic E-state index is -3.78. The lowest BCUT2D eigenvalue weighted by Crippen LogP contribution is -2.52. The highest BCUT2D eigenvalue weighted by Crippen LogP contribution is 2.25. The molecule has 2 amide bonds. The molecule has 0 aliphatic rings. The van der Waals surface area contributed by atoms with Crippen LogP contribution in [0, 0.1) is 6.92 Å². The van der Waals surface area contributed by atoms with E-state index in [1.165, 1.54) is 4.90 Å². The van der Waals surface area contributed by atoms with Crippen LogP contribution in [-0.2, 0) is 26.2 Å². The molecule has 0 unspecified atom stereocenters. The zero-order chi connectivity index (χ0) is 24.9. The zero-order valence-electron chi connectivity index (χ0n) is 19.3. The summed E-state index contributed by atoms with van der Waals surface area (Å²) in [5.41, 5.74) is 1.69. The van der Waals surface area contributed by atoms with E-state index in [2.05, 4.69) is 5.32 Å². The Bertz CT molecular complexity index is 1120. The Labute approximate surface area is 205 Å². The average Bonchev–Trinajstić information content (AvgIpc) is 2.70. The van der Waals surface area contributed by atoms with Crippen molar-refractivity contribution in [1.29, 1.82) is 0 Å². The third-order valence-electron chi connectivity index (χ3n) is 5.02. The summed E-state index contributed by atoms with van der Waals surface area (Å²) in [6, 6.07) is 10.8. The standard InChI is InChI=1S/C23H29Cl2N3O4S/c1-15(2)26-23(30)17(4)27(13-18-10-11-19(24)12-20(18)25)22(29)14-28(33(5,31)32)21-9-7-6-8-16(21)3/h6-12,15,17H,13-14H2,1-5H3,(H,26,30)/t17-/m0/s1. The summed E-state index contributed by atoms with van der Waals surface area (Å²) in [6.45, 7) is 6.54. The third-order valence-corrected chi connectivity index (χ3v) is 6.73. The number of rotatable bonds is 9. The van der Waals surface area contributed by atoms with Gasteiger partial charge in [-0.05, 0) is 57.0 Å². The summed E-state index contributed by atoms with van der Waals surface area (Å²) in [4.78, 5) is 27.5. The Hall–Kier alpha value is -2.29. The van der Waals surface area contributed by atoms with Crippen molar-refractivity contribution in [1.82, 2.24) is 10.2 Å². The highest BCUT2D eigenvalue weighted by molar-refractivity contribution is 7.92. The molecule has 2 aromatic carbocycles. The lowest BCUT2D eigenvalue weighted by molar-refractivity contribution is -0.139. The highest BCUT2D eigenvalue weighted by atomic mass is 35.5. The van der Waals surface area contributed by atoms with Gasteiger partial charge < -0.3 is 10.2 Å². The number of amides is 2. The summed E-state index contributed by atoms with van der Waals surface area (Å²) in [5.74, 6) is -0.897. The first-order valence-electron chi connectivity index (χ1n) is 10.4. The van der Waals surface area contributed by atoms with E-state index in [-0.39, 0.29) is 18.5 Å². The fourth-order valence-electron chi connectivity index (χ4n) is 3.26. The number of sulfonamides is 1. The number of hydrogen-bond donors (Lipinski definition) is 1. The van der Waals surface area contributed by atoms with E-state index in [0.29, 0.717) is 26.9 Å². The molecule has 10 heteroatoms. The number of anilines is 1. The lowest BCUT2D eigenvalue weighted by Gasteiger charge is -2.32. The van der Waals surface area contributed by atoms with E-state index >= 15 is 0 Å². The van der Waals surface area contributed by atoms with Crippen LogP contribution in [0.15, 0.2) is 42.5 Å². The van der Waals surface area contributed by atoms with Gasteiger partial charge in [-0.3, -0.25) is 13.9 Å². The Kier molecular flexibility index (Phi) is 9.17. The SMILES string of the molecule is Cc1ccccc1N(CC(=O)N(Cc1ccc(Cl)cc1Cl)[C@@H](C)C(=O)NC(C)C)S(C)(=O)=O. The van der Waals surface area contributed by atoms with Crippen molar-refractivity contribution in [3.8, 4) is 0 Å². The molecule has 33 heavy (non-hydrogen) atoms. The van der Waals surface area contributed by atoms with E-state index in [4.69, 9.17) is 23.2 Å². The number of carbonyl (C=O) groups is 2. The van der Waals surface area contributed by atoms with Crippen LogP contribution in [0.4, 0.5) is 5.69 Å². The summed E-state index contributed by atoms with van der Waals surface area (Å²) in [6.07, 6.45) is 1.04. The maximum atomic E-state index is 13.5. The molecular formula is C23H29Cl2N3O4S. The van der Waals surface area contributed by atoms with Crippen LogP contribution in [0.5, 0.6) is 0 Å². The molecule has 1 N–H and O–H groups in total. The van der Waals surface area contributed by atoms with E-state index in [1.54, 1.807) is 56.3 Å². The van der Waals surface area contributed by atoms with Crippen LogP contribution in [-0.4, -0.2) is 50.0 Å². The van der Waals surface area contributed by atoms with Crippen LogP contribution in [0.1, 0.15) is 31.9 Å². The Morgan fingerprint density at radius 1 is 1.06 bits per heavy atom. The van der Waals surface area contributed by atoms with Crippen molar-refractivity contribution in [2.24, 2.45) is 0 Å². The number of benzene rings is 2. The molecule has 0 aromatic heterocycles.